The van der Waals surface area contributed by atoms with Crippen LogP contribution in [-0.4, -0.2) is 11.9 Å². The lowest BCUT2D eigenvalue weighted by atomic mass is 9.98. The van der Waals surface area contributed by atoms with Gasteiger partial charge in [0.2, 0.25) is 0 Å². The molecule has 0 aliphatic carbocycles. The van der Waals surface area contributed by atoms with Gasteiger partial charge < -0.3 is 4.74 Å². The summed E-state index contributed by atoms with van der Waals surface area (Å²) in [4.78, 5) is 22.2. The van der Waals surface area contributed by atoms with Crippen LogP contribution in [-0.2, 0) is 16.0 Å². The maximum Gasteiger partial charge on any atom is 0.346 e. The van der Waals surface area contributed by atoms with Gasteiger partial charge in [0.1, 0.15) is 0 Å². The molecule has 0 N–H and O–H groups in total. The van der Waals surface area contributed by atoms with Crippen LogP contribution < -0.4 is 0 Å². The van der Waals surface area contributed by atoms with Gasteiger partial charge in [0.25, 0.3) is 0 Å². The summed E-state index contributed by atoms with van der Waals surface area (Å²) >= 11 is 0. The van der Waals surface area contributed by atoms with Crippen molar-refractivity contribution in [1.29, 1.82) is 0 Å². The summed E-state index contributed by atoms with van der Waals surface area (Å²) in [6.07, 6.45) is 0.197. The third-order valence-electron chi connectivity index (χ3n) is 2.10. The van der Waals surface area contributed by atoms with Crippen LogP contribution >= 0.6 is 0 Å². The second-order valence-electron chi connectivity index (χ2n) is 3.05. The summed E-state index contributed by atoms with van der Waals surface area (Å²) in [6.45, 7) is 1.83. The molecule has 3 nitrogen and oxygen atoms in total. The van der Waals surface area contributed by atoms with E-state index in [0.29, 0.717) is 5.56 Å². The molecule has 0 atom stereocenters. The molecule has 2 rings (SSSR count). The molecular weight excluding hydrogens is 168 g/mol. The zero-order valence-corrected chi connectivity index (χ0v) is 7.16. The highest BCUT2D eigenvalue weighted by Gasteiger charge is 2.25. The molecule has 0 saturated carbocycles. The third kappa shape index (κ3) is 1.22. The molecule has 66 valence electrons. The number of benzene rings is 1. The van der Waals surface area contributed by atoms with Crippen LogP contribution in [0.1, 0.15) is 21.5 Å². The van der Waals surface area contributed by atoms with Crippen molar-refractivity contribution in [2.24, 2.45) is 0 Å². The lowest BCUT2D eigenvalue weighted by Gasteiger charge is -2.15. The summed E-state index contributed by atoms with van der Waals surface area (Å²) in [5.74, 6) is -0.993. The lowest BCUT2D eigenvalue weighted by Crippen LogP contribution is -2.23. The maximum absolute atomic E-state index is 11.3. The average molecular weight is 176 g/mol. The predicted molar refractivity (Wildman–Crippen MR) is 45.3 cm³/mol. The second kappa shape index (κ2) is 2.69. The minimum Gasteiger partial charge on any atom is -0.389 e. The molecule has 1 aromatic rings. The van der Waals surface area contributed by atoms with Gasteiger partial charge in [-0.2, -0.15) is 0 Å². The summed E-state index contributed by atoms with van der Waals surface area (Å²) in [5, 5.41) is 0. The number of hydrogen-bond donors (Lipinski definition) is 0. The van der Waals surface area contributed by atoms with Crippen LogP contribution in [0.3, 0.4) is 0 Å². The van der Waals surface area contributed by atoms with Crippen LogP contribution in [0.2, 0.25) is 0 Å². The van der Waals surface area contributed by atoms with E-state index >= 15 is 0 Å². The van der Waals surface area contributed by atoms with Gasteiger partial charge in [0.15, 0.2) is 0 Å². The average Bonchev–Trinajstić information content (AvgIpc) is 2.02. The number of carbonyl (C=O) groups excluding carboxylic acids is 2. The van der Waals surface area contributed by atoms with Crippen LogP contribution in [0, 0.1) is 6.92 Å². The third-order valence-corrected chi connectivity index (χ3v) is 2.10. The van der Waals surface area contributed by atoms with Crippen LogP contribution in [0.5, 0.6) is 0 Å². The largest absolute Gasteiger partial charge is 0.389 e. The Balaban J connectivity index is 2.61. The first-order chi connectivity index (χ1) is 6.18. The molecule has 0 radical (unpaired) electrons. The fraction of sp³-hybridized carbons (Fsp3) is 0.200. The molecule has 0 amide bonds. The summed E-state index contributed by atoms with van der Waals surface area (Å²) in [7, 11) is 0. The van der Waals surface area contributed by atoms with Gasteiger partial charge in [-0.05, 0) is 18.1 Å². The summed E-state index contributed by atoms with van der Waals surface area (Å²) in [6, 6.07) is 5.44. The molecule has 0 fully saturated rings. The van der Waals surface area contributed by atoms with Crippen molar-refractivity contribution < 1.29 is 14.3 Å². The Hall–Kier alpha value is -1.64. The van der Waals surface area contributed by atoms with Gasteiger partial charge in [0, 0.05) is 0 Å². The van der Waals surface area contributed by atoms with Crippen molar-refractivity contribution in [2.75, 3.05) is 0 Å². The van der Waals surface area contributed by atoms with E-state index in [1.807, 2.05) is 19.1 Å². The molecule has 1 aliphatic rings. The van der Waals surface area contributed by atoms with Gasteiger partial charge in [-0.1, -0.05) is 18.2 Å². The van der Waals surface area contributed by atoms with Crippen LogP contribution in [0.15, 0.2) is 18.2 Å². The molecule has 1 heterocycles. The number of aryl methyl sites for hydroxylation is 1. The first-order valence-electron chi connectivity index (χ1n) is 4.02. The minimum absolute atomic E-state index is 0.197. The Kier molecular flexibility index (Phi) is 1.65. The number of fused-ring (bicyclic) bond motifs is 1. The number of rotatable bonds is 0. The van der Waals surface area contributed by atoms with E-state index in [0.717, 1.165) is 11.1 Å². The fourth-order valence-corrected chi connectivity index (χ4v) is 1.51. The second-order valence-corrected chi connectivity index (χ2v) is 3.05. The SMILES string of the molecule is Cc1cccc2c1C(=O)OC(=O)C2. The lowest BCUT2D eigenvalue weighted by molar-refractivity contribution is -0.137. The zero-order chi connectivity index (χ0) is 9.42. The van der Waals surface area contributed by atoms with Crippen molar-refractivity contribution in [3.63, 3.8) is 0 Å². The van der Waals surface area contributed by atoms with Crippen molar-refractivity contribution in [2.45, 2.75) is 13.3 Å². The minimum atomic E-state index is -0.524. The van der Waals surface area contributed by atoms with Crippen molar-refractivity contribution >= 4 is 11.9 Å². The Morgan fingerprint density at radius 2 is 2.08 bits per heavy atom. The monoisotopic (exact) mass is 176 g/mol. The van der Waals surface area contributed by atoms with Gasteiger partial charge in [-0.15, -0.1) is 0 Å². The number of esters is 2. The van der Waals surface area contributed by atoms with Gasteiger partial charge in [0.05, 0.1) is 12.0 Å². The molecule has 1 aliphatic heterocycles. The standard InChI is InChI=1S/C10H8O3/c1-6-3-2-4-7-5-8(11)13-10(12)9(6)7/h2-4H,5H2,1H3. The Morgan fingerprint density at radius 1 is 1.31 bits per heavy atom. The molecule has 3 heteroatoms. The Morgan fingerprint density at radius 3 is 2.85 bits per heavy atom. The highest BCUT2D eigenvalue weighted by molar-refractivity contribution is 6.03. The van der Waals surface area contributed by atoms with E-state index in [4.69, 9.17) is 0 Å². The van der Waals surface area contributed by atoms with E-state index in [-0.39, 0.29) is 6.42 Å². The molecule has 0 bridgehead atoms. The quantitative estimate of drug-likeness (QED) is 0.441. The Bertz CT molecular complexity index is 393. The van der Waals surface area contributed by atoms with E-state index in [1.165, 1.54) is 0 Å². The van der Waals surface area contributed by atoms with E-state index < -0.39 is 11.9 Å². The Labute approximate surface area is 75.3 Å². The van der Waals surface area contributed by atoms with Gasteiger partial charge in [-0.3, -0.25) is 4.79 Å². The van der Waals surface area contributed by atoms with Crippen LogP contribution in [0.4, 0.5) is 0 Å². The van der Waals surface area contributed by atoms with E-state index in [1.54, 1.807) is 6.07 Å². The molecule has 1 aromatic carbocycles. The van der Waals surface area contributed by atoms with Gasteiger partial charge >= 0.3 is 11.9 Å². The fourth-order valence-electron chi connectivity index (χ4n) is 1.51. The first kappa shape index (κ1) is 7.98. The number of hydrogen-bond acceptors (Lipinski definition) is 3. The predicted octanol–water partition coefficient (Wildman–Crippen LogP) is 1.23. The highest BCUT2D eigenvalue weighted by atomic mass is 16.6. The molecule has 0 saturated heterocycles. The smallest absolute Gasteiger partial charge is 0.346 e. The molecule has 0 aromatic heterocycles. The number of carbonyl (C=O) groups is 2. The molecular formula is C10H8O3. The molecule has 13 heavy (non-hydrogen) atoms. The number of ether oxygens (including phenoxy) is 1. The maximum atomic E-state index is 11.3. The van der Waals surface area contributed by atoms with Gasteiger partial charge in [-0.25, -0.2) is 4.79 Å². The first-order valence-corrected chi connectivity index (χ1v) is 4.02. The van der Waals surface area contributed by atoms with E-state index in [2.05, 4.69) is 4.74 Å². The van der Waals surface area contributed by atoms with Crippen molar-refractivity contribution in [1.82, 2.24) is 0 Å². The molecule has 0 unspecified atom stereocenters. The highest BCUT2D eigenvalue weighted by Crippen LogP contribution is 2.20. The van der Waals surface area contributed by atoms with Crippen molar-refractivity contribution in [3.8, 4) is 0 Å². The number of cyclic esters (lactones) is 2. The van der Waals surface area contributed by atoms with Crippen LogP contribution in [0.25, 0.3) is 0 Å². The topological polar surface area (TPSA) is 43.4 Å². The van der Waals surface area contributed by atoms with E-state index in [9.17, 15) is 9.59 Å². The summed E-state index contributed by atoms with van der Waals surface area (Å²) < 4.78 is 4.52. The summed E-state index contributed by atoms with van der Waals surface area (Å²) in [5.41, 5.74) is 2.17. The zero-order valence-electron chi connectivity index (χ0n) is 7.16. The van der Waals surface area contributed by atoms with Crippen molar-refractivity contribution in [3.05, 3.63) is 34.9 Å². The normalized spacial score (nSPS) is 15.2. The molecule has 0 spiro atoms.